The molecule has 1 aliphatic rings. The molecule has 0 spiro atoms. The predicted molar refractivity (Wildman–Crippen MR) is 111 cm³/mol. The van der Waals surface area contributed by atoms with Crippen LogP contribution in [0.5, 0.6) is 0 Å². The second-order valence-electron chi connectivity index (χ2n) is 8.25. The van der Waals surface area contributed by atoms with Gasteiger partial charge in [0, 0.05) is 35.8 Å². The van der Waals surface area contributed by atoms with E-state index in [0.29, 0.717) is 11.7 Å². The normalized spacial score (nSPS) is 14.1. The Morgan fingerprint density at radius 1 is 1.21 bits per heavy atom. The minimum Gasteiger partial charge on any atom is -0.382 e. The first kappa shape index (κ1) is 19.0. The zero-order valence-corrected chi connectivity index (χ0v) is 17.3. The molecular formula is C22H31N5O. The van der Waals surface area contributed by atoms with Crippen LogP contribution in [0.3, 0.4) is 0 Å². The monoisotopic (exact) mass is 381 g/mol. The van der Waals surface area contributed by atoms with Crippen LogP contribution >= 0.6 is 0 Å². The molecule has 0 aromatic carbocycles. The number of anilines is 1. The fraction of sp³-hybridized carbons (Fsp3) is 0.591. The fourth-order valence-corrected chi connectivity index (χ4v) is 4.27. The van der Waals surface area contributed by atoms with Crippen LogP contribution in [0.15, 0.2) is 10.6 Å². The summed E-state index contributed by atoms with van der Waals surface area (Å²) in [7, 11) is 0. The maximum Gasteiger partial charge on any atom is 0.152 e. The van der Waals surface area contributed by atoms with Gasteiger partial charge >= 0.3 is 0 Å². The van der Waals surface area contributed by atoms with Crippen molar-refractivity contribution in [2.45, 2.75) is 84.6 Å². The molecular weight excluding hydrogens is 350 g/mol. The lowest BCUT2D eigenvalue weighted by molar-refractivity contribution is 0.372. The first-order valence-corrected chi connectivity index (χ1v) is 10.7. The Hall–Kier alpha value is -2.37. The molecule has 0 aliphatic heterocycles. The Labute approximate surface area is 166 Å². The van der Waals surface area contributed by atoms with E-state index in [-0.39, 0.29) is 0 Å². The van der Waals surface area contributed by atoms with Gasteiger partial charge < -0.3 is 10.3 Å². The van der Waals surface area contributed by atoms with Crippen molar-refractivity contribution in [3.05, 3.63) is 34.5 Å². The first-order valence-electron chi connectivity index (χ1n) is 10.7. The summed E-state index contributed by atoms with van der Waals surface area (Å²) in [6, 6.07) is 2.09. The smallest absolute Gasteiger partial charge is 0.152 e. The Morgan fingerprint density at radius 3 is 2.79 bits per heavy atom. The molecule has 0 unspecified atom stereocenters. The average molecular weight is 382 g/mol. The molecule has 0 radical (unpaired) electrons. The van der Waals surface area contributed by atoms with Crippen LogP contribution in [-0.2, 0) is 32.2 Å². The van der Waals surface area contributed by atoms with Gasteiger partial charge in [0.05, 0.1) is 5.69 Å². The summed E-state index contributed by atoms with van der Waals surface area (Å²) in [5.74, 6) is 1.95. The summed E-state index contributed by atoms with van der Waals surface area (Å²) in [6.45, 7) is 7.38. The number of nitrogens with two attached hydrogens (primary N) is 1. The highest BCUT2D eigenvalue weighted by molar-refractivity contribution is 5.93. The van der Waals surface area contributed by atoms with E-state index in [4.69, 9.17) is 15.4 Å². The first-order chi connectivity index (χ1) is 13.6. The van der Waals surface area contributed by atoms with Crippen molar-refractivity contribution in [1.29, 1.82) is 0 Å². The van der Waals surface area contributed by atoms with Gasteiger partial charge in [-0.25, -0.2) is 4.98 Å². The topological polar surface area (TPSA) is 82.8 Å². The van der Waals surface area contributed by atoms with Crippen molar-refractivity contribution in [2.75, 3.05) is 5.73 Å². The Balaban J connectivity index is 1.64. The van der Waals surface area contributed by atoms with Gasteiger partial charge in [0.25, 0.3) is 0 Å². The maximum atomic E-state index is 6.30. The van der Waals surface area contributed by atoms with Gasteiger partial charge in [-0.05, 0) is 56.4 Å². The Morgan fingerprint density at radius 2 is 2.04 bits per heavy atom. The van der Waals surface area contributed by atoms with Crippen LogP contribution in [0.1, 0.15) is 80.8 Å². The van der Waals surface area contributed by atoms with E-state index in [2.05, 4.69) is 41.7 Å². The van der Waals surface area contributed by atoms with E-state index in [1.807, 2.05) is 0 Å². The zero-order valence-electron chi connectivity index (χ0n) is 17.3. The summed E-state index contributed by atoms with van der Waals surface area (Å²) in [5.41, 5.74) is 12.1. The van der Waals surface area contributed by atoms with E-state index in [9.17, 15) is 0 Å². The van der Waals surface area contributed by atoms with Crippen LogP contribution in [0.25, 0.3) is 10.9 Å². The molecule has 6 heteroatoms. The van der Waals surface area contributed by atoms with Gasteiger partial charge in [-0.2, -0.15) is 5.10 Å². The Bertz CT molecular complexity index is 969. The van der Waals surface area contributed by atoms with Gasteiger partial charge in [-0.15, -0.1) is 0 Å². The van der Waals surface area contributed by atoms with E-state index in [1.165, 1.54) is 35.2 Å². The molecule has 3 aromatic heterocycles. The van der Waals surface area contributed by atoms with Gasteiger partial charge in [0.15, 0.2) is 5.82 Å². The van der Waals surface area contributed by atoms with Crippen molar-refractivity contribution in [2.24, 2.45) is 0 Å². The number of nitrogen functional groups attached to an aromatic ring is 1. The average Bonchev–Trinajstić information content (AvgIpc) is 3.29. The van der Waals surface area contributed by atoms with Crippen LogP contribution in [0.4, 0.5) is 5.82 Å². The molecule has 0 saturated heterocycles. The second-order valence-corrected chi connectivity index (χ2v) is 8.25. The van der Waals surface area contributed by atoms with Gasteiger partial charge in [-0.3, -0.25) is 4.68 Å². The number of aryl methyl sites for hydroxylation is 5. The molecule has 0 fully saturated rings. The molecule has 3 aromatic rings. The minimum atomic E-state index is 0.398. The summed E-state index contributed by atoms with van der Waals surface area (Å²) in [4.78, 5) is 4.68. The molecule has 3 heterocycles. The van der Waals surface area contributed by atoms with Crippen LogP contribution in [0.2, 0.25) is 0 Å². The van der Waals surface area contributed by atoms with Crippen LogP contribution in [0, 0.1) is 0 Å². The highest BCUT2D eigenvalue weighted by Crippen LogP contribution is 2.33. The second kappa shape index (κ2) is 7.94. The quantitative estimate of drug-likeness (QED) is 0.647. The number of hydrogen-bond acceptors (Lipinski definition) is 5. The number of aromatic nitrogens is 4. The van der Waals surface area contributed by atoms with E-state index in [0.717, 1.165) is 62.0 Å². The highest BCUT2D eigenvalue weighted by atomic mass is 16.5. The lowest BCUT2D eigenvalue weighted by Gasteiger charge is -2.17. The summed E-state index contributed by atoms with van der Waals surface area (Å²) < 4.78 is 7.68. The van der Waals surface area contributed by atoms with Crippen molar-refractivity contribution in [3.63, 3.8) is 0 Å². The maximum absolute atomic E-state index is 6.30. The van der Waals surface area contributed by atoms with Crippen LogP contribution in [-0.4, -0.2) is 19.9 Å². The lowest BCUT2D eigenvalue weighted by Crippen LogP contribution is -2.09. The summed E-state index contributed by atoms with van der Waals surface area (Å²) in [6.07, 6.45) is 8.46. The van der Waals surface area contributed by atoms with Crippen LogP contribution < -0.4 is 5.73 Å². The molecule has 4 rings (SSSR count). The predicted octanol–water partition coefficient (Wildman–Crippen LogP) is 4.59. The summed E-state index contributed by atoms with van der Waals surface area (Å²) in [5, 5.41) is 10.3. The Kier molecular flexibility index (Phi) is 5.38. The number of rotatable bonds is 7. The molecule has 150 valence electrons. The van der Waals surface area contributed by atoms with Crippen molar-refractivity contribution >= 4 is 16.7 Å². The molecule has 0 atom stereocenters. The molecule has 6 nitrogen and oxygen atoms in total. The third-order valence-electron chi connectivity index (χ3n) is 5.74. The summed E-state index contributed by atoms with van der Waals surface area (Å²) >= 11 is 0. The minimum absolute atomic E-state index is 0.398. The number of fused-ring (bicyclic) bond motifs is 3. The standard InChI is InChI=1S/C22H31N5O/c1-4-12-27-19(11-7-8-15-13-18(14(2)3)26-28-15)20-16-9-5-6-10-17(16)24-22(23)21(20)25-27/h13-14H,4-12H2,1-3H3,(H2,23,24). The highest BCUT2D eigenvalue weighted by Gasteiger charge is 2.22. The lowest BCUT2D eigenvalue weighted by atomic mass is 9.91. The molecule has 0 amide bonds. The zero-order chi connectivity index (χ0) is 19.7. The fourth-order valence-electron chi connectivity index (χ4n) is 4.27. The third kappa shape index (κ3) is 3.52. The van der Waals surface area contributed by atoms with E-state index in [1.54, 1.807) is 0 Å². The number of hydrogen-bond donors (Lipinski definition) is 1. The van der Waals surface area contributed by atoms with E-state index >= 15 is 0 Å². The van der Waals surface area contributed by atoms with Gasteiger partial charge in [0.1, 0.15) is 11.3 Å². The van der Waals surface area contributed by atoms with Crippen molar-refractivity contribution in [3.8, 4) is 0 Å². The van der Waals surface area contributed by atoms with Gasteiger partial charge in [-0.1, -0.05) is 25.9 Å². The van der Waals surface area contributed by atoms with E-state index < -0.39 is 0 Å². The third-order valence-corrected chi connectivity index (χ3v) is 5.74. The van der Waals surface area contributed by atoms with Crippen molar-refractivity contribution in [1.82, 2.24) is 19.9 Å². The molecule has 1 aliphatic carbocycles. The van der Waals surface area contributed by atoms with Gasteiger partial charge in [0.2, 0.25) is 0 Å². The molecule has 28 heavy (non-hydrogen) atoms. The number of nitrogens with zero attached hydrogens (tertiary/aromatic N) is 4. The molecule has 2 N–H and O–H groups in total. The molecule has 0 saturated carbocycles. The molecule has 0 bridgehead atoms. The SMILES string of the molecule is CCCn1nc2c(N)nc3c(c2c1CCCc1cc(C(C)C)no1)CCCC3. The van der Waals surface area contributed by atoms with Crippen molar-refractivity contribution < 1.29 is 4.52 Å². The largest absolute Gasteiger partial charge is 0.382 e. The number of pyridine rings is 1.